The summed E-state index contributed by atoms with van der Waals surface area (Å²) in [6.07, 6.45) is -0.681. The smallest absolute Gasteiger partial charge is 0.251 e. The lowest BCUT2D eigenvalue weighted by Gasteiger charge is -2.44. The Bertz CT molecular complexity index is 1840. The first kappa shape index (κ1) is 34.8. The molecule has 2 heterocycles. The van der Waals surface area contributed by atoms with Crippen molar-refractivity contribution in [3.05, 3.63) is 167 Å². The van der Waals surface area contributed by atoms with E-state index in [9.17, 15) is 9.90 Å². The molecule has 7 nitrogen and oxygen atoms in total. The van der Waals surface area contributed by atoms with E-state index in [0.29, 0.717) is 12.1 Å². The zero-order valence-corrected chi connectivity index (χ0v) is 29.2. The first-order valence-electron chi connectivity index (χ1n) is 18.0. The first-order valence-corrected chi connectivity index (χ1v) is 18.0. The zero-order chi connectivity index (χ0) is 35.0. The molecule has 2 saturated heterocycles. The van der Waals surface area contributed by atoms with Crippen LogP contribution in [0, 0.1) is 5.92 Å². The van der Waals surface area contributed by atoms with E-state index in [2.05, 4.69) is 101 Å². The van der Waals surface area contributed by atoms with Crippen LogP contribution in [0.1, 0.15) is 57.5 Å². The molecule has 2 aliphatic rings. The van der Waals surface area contributed by atoms with Crippen LogP contribution in [0.25, 0.3) is 11.1 Å². The Morgan fingerprint density at radius 3 is 2.04 bits per heavy atom. The molecule has 1 amide bonds. The highest BCUT2D eigenvalue weighted by Crippen LogP contribution is 2.42. The quantitative estimate of drug-likeness (QED) is 0.152. The van der Waals surface area contributed by atoms with Gasteiger partial charge in [-0.05, 0) is 51.6 Å². The topological polar surface area (TPSA) is 74.3 Å². The standard InChI is InChI=1S/C44H47N3O4/c1-32-41(30-47-25-23-46(24-26-47)29-33-9-4-2-5-10-33)50-44(51-42(32)37-17-15-34(31-48)16-18-37)39-21-19-36(20-22-39)40-14-8-11-35(27-40)28-45-43(49)38-12-6-3-7-13-38/h2-22,27,32,41-42,44,48H,23-26,28-31H2,1H3,(H,45,49). The summed E-state index contributed by atoms with van der Waals surface area (Å²) in [5.74, 6) is 0.0476. The van der Waals surface area contributed by atoms with Gasteiger partial charge in [0, 0.05) is 62.9 Å². The van der Waals surface area contributed by atoms with Crippen molar-refractivity contribution < 1.29 is 19.4 Å². The van der Waals surface area contributed by atoms with Crippen molar-refractivity contribution in [2.75, 3.05) is 32.7 Å². The van der Waals surface area contributed by atoms with Crippen LogP contribution in [0.5, 0.6) is 0 Å². The maximum Gasteiger partial charge on any atom is 0.251 e. The molecule has 2 aliphatic heterocycles. The Morgan fingerprint density at radius 2 is 1.33 bits per heavy atom. The fraction of sp³-hybridized carbons (Fsp3) is 0.295. The van der Waals surface area contributed by atoms with Gasteiger partial charge in [0.1, 0.15) is 0 Å². The number of carbonyl (C=O) groups is 1. The highest BCUT2D eigenvalue weighted by atomic mass is 16.7. The molecular weight excluding hydrogens is 635 g/mol. The molecule has 7 heteroatoms. The molecule has 5 aromatic rings. The van der Waals surface area contributed by atoms with Crippen LogP contribution in [0.3, 0.4) is 0 Å². The second-order valence-electron chi connectivity index (χ2n) is 13.8. The molecule has 0 spiro atoms. The molecule has 0 saturated carbocycles. The Hall–Kier alpha value is -4.63. The highest BCUT2D eigenvalue weighted by molar-refractivity contribution is 5.94. The van der Waals surface area contributed by atoms with Crippen LogP contribution in [0.4, 0.5) is 0 Å². The predicted octanol–water partition coefficient (Wildman–Crippen LogP) is 7.39. The molecule has 51 heavy (non-hydrogen) atoms. The number of hydrogen-bond donors (Lipinski definition) is 2. The number of rotatable bonds is 11. The van der Waals surface area contributed by atoms with Crippen molar-refractivity contribution in [3.8, 4) is 11.1 Å². The van der Waals surface area contributed by atoms with E-state index >= 15 is 0 Å². The van der Waals surface area contributed by atoms with Gasteiger partial charge in [-0.25, -0.2) is 0 Å². The van der Waals surface area contributed by atoms with Gasteiger partial charge in [0.25, 0.3) is 5.91 Å². The van der Waals surface area contributed by atoms with E-state index in [1.54, 1.807) is 0 Å². The molecule has 2 N–H and O–H groups in total. The lowest BCUT2D eigenvalue weighted by atomic mass is 9.89. The number of nitrogens with one attached hydrogen (secondary N) is 1. The summed E-state index contributed by atoms with van der Waals surface area (Å²) >= 11 is 0. The minimum absolute atomic E-state index is 0.0174. The Labute approximate surface area is 301 Å². The largest absolute Gasteiger partial charge is 0.392 e. The lowest BCUT2D eigenvalue weighted by Crippen LogP contribution is -2.51. The van der Waals surface area contributed by atoms with Crippen molar-refractivity contribution in [2.45, 2.75) is 45.1 Å². The van der Waals surface area contributed by atoms with Gasteiger partial charge in [-0.2, -0.15) is 0 Å². The zero-order valence-electron chi connectivity index (χ0n) is 29.2. The number of amides is 1. The van der Waals surface area contributed by atoms with Crippen LogP contribution in [-0.4, -0.2) is 59.6 Å². The van der Waals surface area contributed by atoms with Gasteiger partial charge in [0.2, 0.25) is 0 Å². The number of piperazine rings is 1. The van der Waals surface area contributed by atoms with Gasteiger partial charge < -0.3 is 19.9 Å². The number of carbonyl (C=O) groups excluding carboxylic acids is 1. The second-order valence-corrected chi connectivity index (χ2v) is 13.8. The Balaban J connectivity index is 1.03. The molecule has 4 unspecified atom stereocenters. The number of ether oxygens (including phenoxy) is 2. The SMILES string of the molecule is CC1C(CN2CCN(Cc3ccccc3)CC2)OC(c2ccc(-c3cccc(CNC(=O)c4ccccc4)c3)cc2)OC1c1ccc(CO)cc1. The number of benzene rings is 5. The fourth-order valence-corrected chi connectivity index (χ4v) is 7.12. The van der Waals surface area contributed by atoms with E-state index in [1.165, 1.54) is 5.56 Å². The van der Waals surface area contributed by atoms with Crippen molar-refractivity contribution in [1.82, 2.24) is 15.1 Å². The summed E-state index contributed by atoms with van der Waals surface area (Å²) in [6, 6.07) is 44.8. The minimum atomic E-state index is -0.512. The van der Waals surface area contributed by atoms with E-state index < -0.39 is 6.29 Å². The summed E-state index contributed by atoms with van der Waals surface area (Å²) in [6.45, 7) is 8.60. The predicted molar refractivity (Wildman–Crippen MR) is 201 cm³/mol. The van der Waals surface area contributed by atoms with Crippen molar-refractivity contribution in [1.29, 1.82) is 0 Å². The van der Waals surface area contributed by atoms with Crippen molar-refractivity contribution in [2.24, 2.45) is 5.92 Å². The van der Waals surface area contributed by atoms with Crippen LogP contribution in [0.2, 0.25) is 0 Å². The second kappa shape index (κ2) is 16.6. The molecule has 0 aliphatic carbocycles. The first-order chi connectivity index (χ1) is 25.0. The number of hydrogen-bond acceptors (Lipinski definition) is 6. The Kier molecular flexibility index (Phi) is 11.3. The Morgan fingerprint density at radius 1 is 0.686 bits per heavy atom. The summed E-state index contributed by atoms with van der Waals surface area (Å²) in [5.41, 5.74) is 8.17. The summed E-state index contributed by atoms with van der Waals surface area (Å²) in [5, 5.41) is 12.7. The normalized spacial score (nSPS) is 21.3. The summed E-state index contributed by atoms with van der Waals surface area (Å²) in [4.78, 5) is 17.7. The van der Waals surface area contributed by atoms with Crippen molar-refractivity contribution in [3.63, 3.8) is 0 Å². The number of aliphatic hydroxyl groups is 1. The molecular formula is C44H47N3O4. The molecule has 2 fully saturated rings. The third-order valence-electron chi connectivity index (χ3n) is 10.2. The van der Waals surface area contributed by atoms with Gasteiger partial charge in [0.05, 0.1) is 18.8 Å². The molecule has 262 valence electrons. The third-order valence-corrected chi connectivity index (χ3v) is 10.2. The van der Waals surface area contributed by atoms with Crippen molar-refractivity contribution >= 4 is 5.91 Å². The highest BCUT2D eigenvalue weighted by Gasteiger charge is 2.39. The lowest BCUT2D eigenvalue weighted by molar-refractivity contribution is -0.276. The van der Waals surface area contributed by atoms with Gasteiger partial charge in [-0.15, -0.1) is 0 Å². The fourth-order valence-electron chi connectivity index (χ4n) is 7.12. The average molecular weight is 682 g/mol. The van der Waals surface area contributed by atoms with E-state index in [0.717, 1.165) is 72.6 Å². The van der Waals surface area contributed by atoms with Gasteiger partial charge in [-0.3, -0.25) is 14.6 Å². The maximum atomic E-state index is 12.6. The summed E-state index contributed by atoms with van der Waals surface area (Å²) in [7, 11) is 0. The van der Waals surface area contributed by atoms with Crippen LogP contribution in [-0.2, 0) is 29.2 Å². The van der Waals surface area contributed by atoms with E-state index in [4.69, 9.17) is 9.47 Å². The molecule has 4 atom stereocenters. The minimum Gasteiger partial charge on any atom is -0.392 e. The monoisotopic (exact) mass is 681 g/mol. The molecule has 0 radical (unpaired) electrons. The molecule has 0 bridgehead atoms. The molecule has 5 aromatic carbocycles. The van der Waals surface area contributed by atoms with E-state index in [1.807, 2.05) is 54.6 Å². The van der Waals surface area contributed by atoms with E-state index in [-0.39, 0.29) is 30.6 Å². The number of nitrogens with zero attached hydrogens (tertiary/aromatic N) is 2. The summed E-state index contributed by atoms with van der Waals surface area (Å²) < 4.78 is 13.6. The van der Waals surface area contributed by atoms with Gasteiger partial charge >= 0.3 is 0 Å². The van der Waals surface area contributed by atoms with Gasteiger partial charge in [-0.1, -0.05) is 122 Å². The maximum absolute atomic E-state index is 12.6. The molecule has 0 aromatic heterocycles. The van der Waals surface area contributed by atoms with Crippen LogP contribution >= 0.6 is 0 Å². The van der Waals surface area contributed by atoms with Gasteiger partial charge in [0.15, 0.2) is 6.29 Å². The van der Waals surface area contributed by atoms with Crippen LogP contribution in [0.15, 0.2) is 133 Å². The van der Waals surface area contributed by atoms with Crippen LogP contribution < -0.4 is 5.32 Å². The third kappa shape index (κ3) is 8.82. The average Bonchev–Trinajstić information content (AvgIpc) is 3.19. The molecule has 7 rings (SSSR count). The number of aliphatic hydroxyl groups excluding tert-OH is 1.